The summed E-state index contributed by atoms with van der Waals surface area (Å²) in [5, 5.41) is 4.49. The second kappa shape index (κ2) is 5.38. The van der Waals surface area contributed by atoms with E-state index in [1.807, 2.05) is 16.9 Å². The highest BCUT2D eigenvalue weighted by Gasteiger charge is 2.17. The maximum Gasteiger partial charge on any atom is 0.255 e. The molecule has 1 saturated carbocycles. The third-order valence-corrected chi connectivity index (χ3v) is 3.46. The first kappa shape index (κ1) is 12.1. The minimum absolute atomic E-state index is 0.165. The highest BCUT2D eigenvalue weighted by molar-refractivity contribution is 5.18. The van der Waals surface area contributed by atoms with Crippen LogP contribution in [0.3, 0.4) is 0 Å². The summed E-state index contributed by atoms with van der Waals surface area (Å²) in [4.78, 5) is 3.54. The van der Waals surface area contributed by atoms with Crippen molar-refractivity contribution in [1.82, 2.24) is 14.8 Å². The lowest BCUT2D eigenvalue weighted by Crippen LogP contribution is -2.06. The number of hydrogen-bond acceptors (Lipinski definition) is 3. The van der Waals surface area contributed by atoms with Crippen LogP contribution in [0.4, 0.5) is 4.39 Å². The molecule has 0 N–H and O–H groups in total. The molecular weight excluding hydrogens is 245 g/mol. The predicted octanol–water partition coefficient (Wildman–Crippen LogP) is 3.11. The van der Waals surface area contributed by atoms with Crippen molar-refractivity contribution in [3.63, 3.8) is 0 Å². The van der Waals surface area contributed by atoms with E-state index in [4.69, 9.17) is 4.74 Å². The summed E-state index contributed by atoms with van der Waals surface area (Å²) in [6.45, 7) is 0.266. The number of halogens is 1. The number of ether oxygens (including phenoxy) is 1. The molecule has 2 heterocycles. The average molecular weight is 261 g/mol. The molecule has 0 aliphatic heterocycles. The molecule has 0 radical (unpaired) electrons. The van der Waals surface area contributed by atoms with Crippen LogP contribution in [-0.4, -0.2) is 14.8 Å². The van der Waals surface area contributed by atoms with Crippen LogP contribution in [-0.2, 0) is 6.61 Å². The molecule has 0 bridgehead atoms. The van der Waals surface area contributed by atoms with Gasteiger partial charge in [0.15, 0.2) is 5.75 Å². The second-order valence-corrected chi connectivity index (χ2v) is 4.81. The van der Waals surface area contributed by atoms with Gasteiger partial charge in [0, 0.05) is 12.4 Å². The van der Waals surface area contributed by atoms with Gasteiger partial charge in [0.1, 0.15) is 6.61 Å². The van der Waals surface area contributed by atoms with E-state index in [1.165, 1.54) is 31.9 Å². The van der Waals surface area contributed by atoms with Crippen LogP contribution in [0.1, 0.15) is 37.4 Å². The van der Waals surface area contributed by atoms with E-state index in [-0.39, 0.29) is 12.4 Å². The van der Waals surface area contributed by atoms with Gasteiger partial charge in [-0.1, -0.05) is 12.8 Å². The van der Waals surface area contributed by atoms with Gasteiger partial charge in [-0.3, -0.25) is 4.68 Å². The van der Waals surface area contributed by atoms with Crippen LogP contribution < -0.4 is 4.74 Å². The molecule has 5 heteroatoms. The van der Waals surface area contributed by atoms with E-state index < -0.39 is 5.95 Å². The lowest BCUT2D eigenvalue weighted by Gasteiger charge is -2.09. The zero-order valence-corrected chi connectivity index (χ0v) is 10.6. The van der Waals surface area contributed by atoms with Crippen molar-refractivity contribution >= 4 is 0 Å². The summed E-state index contributed by atoms with van der Waals surface area (Å²) in [5.74, 6) is -0.421. The monoisotopic (exact) mass is 261 g/mol. The molecule has 1 aliphatic rings. The molecule has 0 saturated heterocycles. The molecule has 100 valence electrons. The van der Waals surface area contributed by atoms with Gasteiger partial charge in [0.05, 0.1) is 11.7 Å². The normalized spacial score (nSPS) is 15.8. The summed E-state index contributed by atoms with van der Waals surface area (Å²) in [6.07, 6.45) is 8.32. The van der Waals surface area contributed by atoms with E-state index in [0.29, 0.717) is 6.04 Å². The lowest BCUT2D eigenvalue weighted by atomic mass is 10.3. The SMILES string of the molecule is Fc1ncccc1OCc1ccn(C2CCCC2)n1. The molecular formula is C14H16FN3O. The Morgan fingerprint density at radius 3 is 2.95 bits per heavy atom. The van der Waals surface area contributed by atoms with Gasteiger partial charge in [-0.25, -0.2) is 4.98 Å². The molecule has 1 aliphatic carbocycles. The Bertz CT molecular complexity index is 549. The highest BCUT2D eigenvalue weighted by Crippen LogP contribution is 2.28. The maximum absolute atomic E-state index is 13.3. The Balaban J connectivity index is 1.63. The fourth-order valence-corrected chi connectivity index (χ4v) is 2.46. The molecule has 19 heavy (non-hydrogen) atoms. The standard InChI is InChI=1S/C14H16FN3O/c15-14-13(6-3-8-16-14)19-10-11-7-9-18(17-11)12-4-1-2-5-12/h3,6-9,12H,1-2,4-5,10H2. The Morgan fingerprint density at radius 1 is 1.32 bits per heavy atom. The fourth-order valence-electron chi connectivity index (χ4n) is 2.46. The van der Waals surface area contributed by atoms with Crippen molar-refractivity contribution in [3.05, 3.63) is 42.2 Å². The van der Waals surface area contributed by atoms with Gasteiger partial charge in [0.2, 0.25) is 0 Å². The van der Waals surface area contributed by atoms with Crippen molar-refractivity contribution in [2.75, 3.05) is 0 Å². The molecule has 2 aromatic heterocycles. The van der Waals surface area contributed by atoms with E-state index in [1.54, 1.807) is 12.1 Å². The molecule has 0 unspecified atom stereocenters. The molecule has 0 spiro atoms. The van der Waals surface area contributed by atoms with E-state index in [9.17, 15) is 4.39 Å². The molecule has 1 fully saturated rings. The van der Waals surface area contributed by atoms with Crippen molar-refractivity contribution in [2.24, 2.45) is 0 Å². The lowest BCUT2D eigenvalue weighted by molar-refractivity contribution is 0.279. The smallest absolute Gasteiger partial charge is 0.255 e. The predicted molar refractivity (Wildman–Crippen MR) is 68.3 cm³/mol. The van der Waals surface area contributed by atoms with Crippen molar-refractivity contribution < 1.29 is 9.13 Å². The Kier molecular flexibility index (Phi) is 3.44. The van der Waals surface area contributed by atoms with Crippen LogP contribution in [0.15, 0.2) is 30.6 Å². The minimum atomic E-state index is -0.585. The first-order chi connectivity index (χ1) is 9.33. The highest BCUT2D eigenvalue weighted by atomic mass is 19.1. The van der Waals surface area contributed by atoms with E-state index in [2.05, 4.69) is 10.1 Å². The molecule has 0 aromatic carbocycles. The van der Waals surface area contributed by atoms with Gasteiger partial charge in [-0.15, -0.1) is 0 Å². The van der Waals surface area contributed by atoms with Crippen molar-refractivity contribution in [1.29, 1.82) is 0 Å². The zero-order valence-electron chi connectivity index (χ0n) is 10.6. The first-order valence-electron chi connectivity index (χ1n) is 6.60. The molecule has 2 aromatic rings. The van der Waals surface area contributed by atoms with Crippen molar-refractivity contribution in [2.45, 2.75) is 38.3 Å². The zero-order chi connectivity index (χ0) is 13.1. The number of aromatic nitrogens is 3. The number of pyridine rings is 1. The van der Waals surface area contributed by atoms with Crippen LogP contribution in [0.2, 0.25) is 0 Å². The van der Waals surface area contributed by atoms with Gasteiger partial charge >= 0.3 is 0 Å². The Hall–Kier alpha value is -1.91. The van der Waals surface area contributed by atoms with Gasteiger partial charge in [0.25, 0.3) is 5.95 Å². The third-order valence-electron chi connectivity index (χ3n) is 3.46. The van der Waals surface area contributed by atoms with Crippen LogP contribution in [0, 0.1) is 5.95 Å². The molecule has 4 nitrogen and oxygen atoms in total. The first-order valence-corrected chi connectivity index (χ1v) is 6.60. The van der Waals surface area contributed by atoms with Gasteiger partial charge < -0.3 is 4.74 Å². The minimum Gasteiger partial charge on any atom is -0.482 e. The Morgan fingerprint density at radius 2 is 2.16 bits per heavy atom. The average Bonchev–Trinajstić information content (AvgIpc) is 3.09. The second-order valence-electron chi connectivity index (χ2n) is 4.81. The molecule has 0 atom stereocenters. The topological polar surface area (TPSA) is 39.9 Å². The summed E-state index contributed by atoms with van der Waals surface area (Å²) in [7, 11) is 0. The number of rotatable bonds is 4. The van der Waals surface area contributed by atoms with E-state index >= 15 is 0 Å². The summed E-state index contributed by atoms with van der Waals surface area (Å²) in [5.41, 5.74) is 0.815. The number of nitrogens with zero attached hydrogens (tertiary/aromatic N) is 3. The maximum atomic E-state index is 13.3. The summed E-state index contributed by atoms with van der Waals surface area (Å²) in [6, 6.07) is 5.65. The third kappa shape index (κ3) is 2.75. The quantitative estimate of drug-likeness (QED) is 0.794. The van der Waals surface area contributed by atoms with Gasteiger partial charge in [-0.05, 0) is 31.0 Å². The van der Waals surface area contributed by atoms with Crippen LogP contribution in [0.5, 0.6) is 5.75 Å². The van der Waals surface area contributed by atoms with E-state index in [0.717, 1.165) is 5.69 Å². The summed E-state index contributed by atoms with van der Waals surface area (Å²) < 4.78 is 20.7. The summed E-state index contributed by atoms with van der Waals surface area (Å²) >= 11 is 0. The van der Waals surface area contributed by atoms with Crippen LogP contribution in [0.25, 0.3) is 0 Å². The molecule has 3 rings (SSSR count). The number of hydrogen-bond donors (Lipinski definition) is 0. The van der Waals surface area contributed by atoms with Crippen molar-refractivity contribution in [3.8, 4) is 5.75 Å². The van der Waals surface area contributed by atoms with Gasteiger partial charge in [-0.2, -0.15) is 9.49 Å². The largest absolute Gasteiger partial charge is 0.482 e. The molecule has 0 amide bonds. The fraction of sp³-hybridized carbons (Fsp3) is 0.429. The Labute approximate surface area is 111 Å². The van der Waals surface area contributed by atoms with Crippen LogP contribution >= 0.6 is 0 Å².